The second-order valence-corrected chi connectivity index (χ2v) is 5.43. The number of ketones is 1. The Hall–Kier alpha value is -2.40. The number of hydrazone groups is 1. The summed E-state index contributed by atoms with van der Waals surface area (Å²) in [7, 11) is 0. The van der Waals surface area contributed by atoms with Crippen LogP contribution in [0.4, 0.5) is 0 Å². The molecular weight excluding hydrogens is 304 g/mol. The zero-order valence-electron chi connectivity index (χ0n) is 11.8. The highest BCUT2D eigenvalue weighted by Crippen LogP contribution is 2.28. The van der Waals surface area contributed by atoms with Crippen molar-refractivity contribution in [2.45, 2.75) is 12.8 Å². The van der Waals surface area contributed by atoms with Crippen LogP contribution in [0.3, 0.4) is 0 Å². The van der Waals surface area contributed by atoms with Crippen LogP contribution in [0.25, 0.3) is 0 Å². The first-order chi connectivity index (χ1) is 10.6. The molecule has 3 rings (SSSR count). The first-order valence-electron chi connectivity index (χ1n) is 6.76. The van der Waals surface area contributed by atoms with Gasteiger partial charge in [0.25, 0.3) is 0 Å². The van der Waals surface area contributed by atoms with Gasteiger partial charge < -0.3 is 4.42 Å². The van der Waals surface area contributed by atoms with Gasteiger partial charge in [0.05, 0.1) is 18.7 Å². The van der Waals surface area contributed by atoms with E-state index in [4.69, 9.17) is 16.0 Å². The molecule has 0 radical (unpaired) electrons. The Labute approximate surface area is 132 Å². The lowest BCUT2D eigenvalue weighted by atomic mass is 9.92. The summed E-state index contributed by atoms with van der Waals surface area (Å²) >= 11 is 5.90. The highest BCUT2D eigenvalue weighted by atomic mass is 35.5. The van der Waals surface area contributed by atoms with E-state index in [1.807, 2.05) is 12.1 Å². The van der Waals surface area contributed by atoms with Gasteiger partial charge >= 0.3 is 0 Å². The number of hydrogen-bond acceptors (Lipinski definition) is 4. The second-order valence-electron chi connectivity index (χ2n) is 5.00. The van der Waals surface area contributed by atoms with Gasteiger partial charge in [0.2, 0.25) is 11.7 Å². The smallest absolute Gasteiger partial charge is 0.244 e. The van der Waals surface area contributed by atoms with Crippen molar-refractivity contribution in [1.29, 1.82) is 0 Å². The predicted molar refractivity (Wildman–Crippen MR) is 82.1 cm³/mol. The topological polar surface area (TPSA) is 62.9 Å². The maximum atomic E-state index is 12.5. The average molecular weight is 317 g/mol. The molecule has 5 nitrogen and oxygen atoms in total. The maximum Gasteiger partial charge on any atom is 0.244 e. The fourth-order valence-electron chi connectivity index (χ4n) is 2.39. The molecule has 2 aromatic rings. The van der Waals surface area contributed by atoms with Crippen LogP contribution in [0.1, 0.15) is 29.0 Å². The van der Waals surface area contributed by atoms with Crippen molar-refractivity contribution in [2.75, 3.05) is 6.54 Å². The number of carbonyl (C=O) groups is 2. The van der Waals surface area contributed by atoms with Gasteiger partial charge in [-0.3, -0.25) is 9.59 Å². The van der Waals surface area contributed by atoms with Crippen molar-refractivity contribution in [3.05, 3.63) is 59.0 Å². The van der Waals surface area contributed by atoms with Gasteiger partial charge in [0, 0.05) is 11.9 Å². The molecule has 22 heavy (non-hydrogen) atoms. The molecule has 112 valence electrons. The fourth-order valence-corrected chi connectivity index (χ4v) is 2.52. The standard InChI is InChI=1S/C16H13ClN2O3/c1-10(20)19-9-13(11-4-6-12(17)7-5-11)15(18-19)16(21)14-3-2-8-22-14/h2-8,13H,9H2,1H3. The number of amides is 1. The normalized spacial score (nSPS) is 17.5. The zero-order valence-corrected chi connectivity index (χ0v) is 12.6. The molecule has 0 bridgehead atoms. The highest BCUT2D eigenvalue weighted by Gasteiger charge is 2.35. The zero-order chi connectivity index (χ0) is 15.7. The van der Waals surface area contributed by atoms with E-state index in [-0.39, 0.29) is 23.4 Å². The summed E-state index contributed by atoms with van der Waals surface area (Å²) in [5.41, 5.74) is 1.18. The number of nitrogens with zero attached hydrogens (tertiary/aromatic N) is 2. The maximum absolute atomic E-state index is 12.5. The molecular formula is C16H13ClN2O3. The summed E-state index contributed by atoms with van der Waals surface area (Å²) in [6.45, 7) is 1.75. The minimum Gasteiger partial charge on any atom is -0.461 e. The van der Waals surface area contributed by atoms with Crippen molar-refractivity contribution < 1.29 is 14.0 Å². The van der Waals surface area contributed by atoms with Crippen molar-refractivity contribution in [1.82, 2.24) is 5.01 Å². The number of carbonyl (C=O) groups excluding carboxylic acids is 2. The van der Waals surface area contributed by atoms with Crippen LogP contribution in [-0.2, 0) is 4.79 Å². The van der Waals surface area contributed by atoms with Crippen LogP contribution in [0, 0.1) is 0 Å². The lowest BCUT2D eigenvalue weighted by molar-refractivity contribution is -0.128. The van der Waals surface area contributed by atoms with Gasteiger partial charge in [0.1, 0.15) is 5.71 Å². The van der Waals surface area contributed by atoms with E-state index in [0.717, 1.165) is 5.56 Å². The molecule has 1 aliphatic heterocycles. The Morgan fingerprint density at radius 1 is 1.27 bits per heavy atom. The Balaban J connectivity index is 1.98. The van der Waals surface area contributed by atoms with Crippen LogP contribution < -0.4 is 0 Å². The summed E-state index contributed by atoms with van der Waals surface area (Å²) in [5, 5.41) is 6.09. The Kier molecular flexibility index (Phi) is 3.81. The van der Waals surface area contributed by atoms with Gasteiger partial charge in [-0.05, 0) is 29.8 Å². The third-order valence-corrected chi connectivity index (χ3v) is 3.78. The number of benzene rings is 1. The average Bonchev–Trinajstić information content (AvgIpc) is 3.17. The quantitative estimate of drug-likeness (QED) is 0.817. The van der Waals surface area contributed by atoms with Crippen molar-refractivity contribution in [3.8, 4) is 0 Å². The number of hydrogen-bond donors (Lipinski definition) is 0. The molecule has 1 aromatic heterocycles. The first kappa shape index (κ1) is 14.5. The molecule has 0 fully saturated rings. The molecule has 0 saturated heterocycles. The van der Waals surface area contributed by atoms with E-state index in [0.29, 0.717) is 17.3 Å². The molecule has 6 heteroatoms. The minimum absolute atomic E-state index is 0.207. The summed E-state index contributed by atoms with van der Waals surface area (Å²) in [6, 6.07) is 10.4. The van der Waals surface area contributed by atoms with Gasteiger partial charge in [-0.1, -0.05) is 23.7 Å². The van der Waals surface area contributed by atoms with E-state index in [1.54, 1.807) is 24.3 Å². The monoisotopic (exact) mass is 316 g/mol. The molecule has 2 heterocycles. The summed E-state index contributed by atoms with van der Waals surface area (Å²) in [4.78, 5) is 24.1. The molecule has 0 spiro atoms. The number of furan rings is 1. The molecule has 1 unspecified atom stereocenters. The molecule has 1 aliphatic rings. The second kappa shape index (κ2) is 5.77. The first-order valence-corrected chi connectivity index (χ1v) is 7.14. The lowest BCUT2D eigenvalue weighted by Crippen LogP contribution is -2.24. The summed E-state index contributed by atoms with van der Waals surface area (Å²) in [6.07, 6.45) is 1.43. The van der Waals surface area contributed by atoms with Gasteiger partial charge in [-0.15, -0.1) is 0 Å². The van der Waals surface area contributed by atoms with Gasteiger partial charge in [0.15, 0.2) is 5.76 Å². The number of Topliss-reactive ketones (excluding diaryl/α,β-unsaturated/α-hetero) is 1. The largest absolute Gasteiger partial charge is 0.461 e. The third-order valence-electron chi connectivity index (χ3n) is 3.53. The Morgan fingerprint density at radius 3 is 2.59 bits per heavy atom. The molecule has 1 atom stereocenters. The van der Waals surface area contributed by atoms with E-state index >= 15 is 0 Å². The number of rotatable bonds is 3. The van der Waals surface area contributed by atoms with Crippen molar-refractivity contribution >= 4 is 29.0 Å². The molecule has 0 N–H and O–H groups in total. The lowest BCUT2D eigenvalue weighted by Gasteiger charge is -2.13. The van der Waals surface area contributed by atoms with Gasteiger partial charge in [-0.25, -0.2) is 5.01 Å². The van der Waals surface area contributed by atoms with E-state index in [1.165, 1.54) is 18.2 Å². The third kappa shape index (κ3) is 2.67. The minimum atomic E-state index is -0.311. The van der Waals surface area contributed by atoms with E-state index in [2.05, 4.69) is 5.10 Å². The Bertz CT molecular complexity index is 735. The Morgan fingerprint density at radius 2 is 2.00 bits per heavy atom. The number of halogens is 1. The van der Waals surface area contributed by atoms with Crippen LogP contribution >= 0.6 is 11.6 Å². The molecule has 1 amide bonds. The van der Waals surface area contributed by atoms with E-state index < -0.39 is 0 Å². The molecule has 1 aromatic carbocycles. The van der Waals surface area contributed by atoms with E-state index in [9.17, 15) is 9.59 Å². The summed E-state index contributed by atoms with van der Waals surface area (Å²) in [5.74, 6) is -0.600. The van der Waals surface area contributed by atoms with Gasteiger partial charge in [-0.2, -0.15) is 5.10 Å². The van der Waals surface area contributed by atoms with Crippen LogP contribution in [0.2, 0.25) is 5.02 Å². The van der Waals surface area contributed by atoms with Crippen molar-refractivity contribution in [2.24, 2.45) is 5.10 Å². The summed E-state index contributed by atoms with van der Waals surface area (Å²) < 4.78 is 5.15. The van der Waals surface area contributed by atoms with Crippen LogP contribution in [0.15, 0.2) is 52.2 Å². The van der Waals surface area contributed by atoms with Crippen LogP contribution in [0.5, 0.6) is 0 Å². The fraction of sp³-hybridized carbons (Fsp3) is 0.188. The van der Waals surface area contributed by atoms with Crippen molar-refractivity contribution in [3.63, 3.8) is 0 Å². The highest BCUT2D eigenvalue weighted by molar-refractivity contribution is 6.47. The predicted octanol–water partition coefficient (Wildman–Crippen LogP) is 3.12. The molecule has 0 aliphatic carbocycles. The van der Waals surface area contributed by atoms with Crippen LogP contribution in [-0.4, -0.2) is 29.0 Å². The molecule has 0 saturated carbocycles. The SMILES string of the molecule is CC(=O)N1CC(c2ccc(Cl)cc2)C(C(=O)c2ccco2)=N1.